The molecular formula is C20H21ClN2O4. The molecule has 2 aromatic carbocycles. The van der Waals surface area contributed by atoms with Crippen LogP contribution in [0.1, 0.15) is 12.0 Å². The molecule has 0 bridgehead atoms. The summed E-state index contributed by atoms with van der Waals surface area (Å²) >= 11 is 6.16. The first-order valence-electron chi connectivity index (χ1n) is 8.52. The standard InChI is InChI=1S/C20H21ClN2O4/c1-12-4-5-14(9-16(12)21)23-11-13(8-19(23)24)20(25)22-17-7-6-15(26-2)10-18(17)27-3/h4-7,9-10,13H,8,11H2,1-3H3,(H,22,25)/t13-/m0/s1. The first-order chi connectivity index (χ1) is 12.9. The number of nitrogens with one attached hydrogen (secondary N) is 1. The summed E-state index contributed by atoms with van der Waals surface area (Å²) in [5.74, 6) is 0.339. The number of nitrogens with zero attached hydrogens (tertiary/aromatic N) is 1. The van der Waals surface area contributed by atoms with Gasteiger partial charge in [-0.15, -0.1) is 0 Å². The van der Waals surface area contributed by atoms with Crippen molar-refractivity contribution < 1.29 is 19.1 Å². The molecule has 1 aliphatic heterocycles. The van der Waals surface area contributed by atoms with E-state index in [4.69, 9.17) is 21.1 Å². The zero-order valence-electron chi connectivity index (χ0n) is 15.4. The van der Waals surface area contributed by atoms with Gasteiger partial charge in [-0.25, -0.2) is 0 Å². The zero-order chi connectivity index (χ0) is 19.6. The third-order valence-corrected chi connectivity index (χ3v) is 5.04. The van der Waals surface area contributed by atoms with Gasteiger partial charge in [0.2, 0.25) is 11.8 Å². The minimum absolute atomic E-state index is 0.100. The number of methoxy groups -OCH3 is 2. The number of carbonyl (C=O) groups is 2. The van der Waals surface area contributed by atoms with Crippen molar-refractivity contribution in [2.45, 2.75) is 13.3 Å². The van der Waals surface area contributed by atoms with Crippen LogP contribution in [0.15, 0.2) is 36.4 Å². The molecule has 2 amide bonds. The van der Waals surface area contributed by atoms with Crippen molar-refractivity contribution >= 4 is 34.8 Å². The number of benzene rings is 2. The second-order valence-corrected chi connectivity index (χ2v) is 6.80. The van der Waals surface area contributed by atoms with E-state index in [-0.39, 0.29) is 18.2 Å². The minimum Gasteiger partial charge on any atom is -0.497 e. The predicted octanol–water partition coefficient (Wildman–Crippen LogP) is 3.66. The Morgan fingerprint density at radius 3 is 2.63 bits per heavy atom. The van der Waals surface area contributed by atoms with Gasteiger partial charge in [0.1, 0.15) is 11.5 Å². The van der Waals surface area contributed by atoms with Gasteiger partial charge in [0.05, 0.1) is 25.8 Å². The maximum absolute atomic E-state index is 12.7. The number of carbonyl (C=O) groups excluding carboxylic acids is 2. The van der Waals surface area contributed by atoms with Gasteiger partial charge in [0.25, 0.3) is 0 Å². The number of rotatable bonds is 5. The highest BCUT2D eigenvalue weighted by Crippen LogP contribution is 2.32. The highest BCUT2D eigenvalue weighted by molar-refractivity contribution is 6.31. The lowest BCUT2D eigenvalue weighted by Gasteiger charge is -2.18. The Labute approximate surface area is 163 Å². The van der Waals surface area contributed by atoms with Gasteiger partial charge in [-0.1, -0.05) is 17.7 Å². The van der Waals surface area contributed by atoms with Crippen molar-refractivity contribution in [3.05, 3.63) is 47.0 Å². The summed E-state index contributed by atoms with van der Waals surface area (Å²) < 4.78 is 10.5. The molecule has 1 saturated heterocycles. The molecule has 142 valence electrons. The molecule has 3 rings (SSSR count). The van der Waals surface area contributed by atoms with Gasteiger partial charge in [-0.3, -0.25) is 9.59 Å². The van der Waals surface area contributed by atoms with E-state index in [0.29, 0.717) is 34.4 Å². The molecular weight excluding hydrogens is 368 g/mol. The number of amides is 2. The summed E-state index contributed by atoms with van der Waals surface area (Å²) in [6, 6.07) is 10.6. The first kappa shape index (κ1) is 19.0. The number of hydrogen-bond donors (Lipinski definition) is 1. The predicted molar refractivity (Wildman–Crippen MR) is 105 cm³/mol. The fraction of sp³-hybridized carbons (Fsp3) is 0.300. The van der Waals surface area contributed by atoms with Crippen molar-refractivity contribution in [3.8, 4) is 11.5 Å². The van der Waals surface area contributed by atoms with E-state index in [0.717, 1.165) is 5.56 Å². The van der Waals surface area contributed by atoms with Crippen LogP contribution in [-0.2, 0) is 9.59 Å². The Morgan fingerprint density at radius 2 is 1.96 bits per heavy atom. The highest BCUT2D eigenvalue weighted by atomic mass is 35.5. The van der Waals surface area contributed by atoms with E-state index in [1.54, 1.807) is 36.3 Å². The van der Waals surface area contributed by atoms with Crippen molar-refractivity contribution in [2.24, 2.45) is 5.92 Å². The molecule has 0 unspecified atom stereocenters. The minimum atomic E-state index is -0.454. The Balaban J connectivity index is 1.73. The van der Waals surface area contributed by atoms with Crippen LogP contribution in [0.4, 0.5) is 11.4 Å². The molecule has 0 radical (unpaired) electrons. The lowest BCUT2D eigenvalue weighted by atomic mass is 10.1. The van der Waals surface area contributed by atoms with Crippen molar-refractivity contribution in [1.82, 2.24) is 0 Å². The average Bonchev–Trinajstić information content (AvgIpc) is 3.06. The van der Waals surface area contributed by atoms with Gasteiger partial charge < -0.3 is 19.7 Å². The third-order valence-electron chi connectivity index (χ3n) is 4.63. The van der Waals surface area contributed by atoms with Crippen LogP contribution in [-0.4, -0.2) is 32.6 Å². The molecule has 6 nitrogen and oxygen atoms in total. The van der Waals surface area contributed by atoms with Crippen LogP contribution < -0.4 is 19.7 Å². The molecule has 27 heavy (non-hydrogen) atoms. The van der Waals surface area contributed by atoms with Gasteiger partial charge in [0, 0.05) is 29.7 Å². The van der Waals surface area contributed by atoms with Crippen molar-refractivity contribution in [2.75, 3.05) is 31.0 Å². The molecule has 2 aromatic rings. The summed E-state index contributed by atoms with van der Waals surface area (Å²) in [6.45, 7) is 2.21. The van der Waals surface area contributed by atoms with Crippen molar-refractivity contribution in [3.63, 3.8) is 0 Å². The summed E-state index contributed by atoms with van der Waals surface area (Å²) in [5, 5.41) is 3.44. The second-order valence-electron chi connectivity index (χ2n) is 6.39. The monoisotopic (exact) mass is 388 g/mol. The second kappa shape index (κ2) is 7.88. The summed E-state index contributed by atoms with van der Waals surface area (Å²) in [5.41, 5.74) is 2.17. The van der Waals surface area contributed by atoms with E-state index in [2.05, 4.69) is 5.32 Å². The molecule has 1 aliphatic rings. The summed E-state index contributed by atoms with van der Waals surface area (Å²) in [6.07, 6.45) is 0.149. The van der Waals surface area contributed by atoms with Crippen LogP contribution >= 0.6 is 11.6 Å². The number of anilines is 2. The van der Waals surface area contributed by atoms with Crippen LogP contribution in [0.25, 0.3) is 0 Å². The molecule has 0 saturated carbocycles. The normalized spacial score (nSPS) is 16.4. The number of aryl methyl sites for hydroxylation is 1. The molecule has 0 spiro atoms. The average molecular weight is 389 g/mol. The summed E-state index contributed by atoms with van der Waals surface area (Å²) in [4.78, 5) is 26.7. The lowest BCUT2D eigenvalue weighted by molar-refractivity contribution is -0.122. The maximum Gasteiger partial charge on any atom is 0.229 e. The topological polar surface area (TPSA) is 67.9 Å². The van der Waals surface area contributed by atoms with Gasteiger partial charge in [-0.05, 0) is 36.8 Å². The van der Waals surface area contributed by atoms with E-state index in [9.17, 15) is 9.59 Å². The molecule has 0 aromatic heterocycles. The molecule has 1 N–H and O–H groups in total. The Bertz CT molecular complexity index is 884. The number of hydrogen-bond acceptors (Lipinski definition) is 4. The fourth-order valence-electron chi connectivity index (χ4n) is 3.02. The molecule has 1 heterocycles. The maximum atomic E-state index is 12.7. The third kappa shape index (κ3) is 4.01. The Hall–Kier alpha value is -2.73. The van der Waals surface area contributed by atoms with Crippen LogP contribution in [0.5, 0.6) is 11.5 Å². The molecule has 7 heteroatoms. The largest absolute Gasteiger partial charge is 0.497 e. The first-order valence-corrected chi connectivity index (χ1v) is 8.90. The molecule has 0 aliphatic carbocycles. The smallest absolute Gasteiger partial charge is 0.229 e. The van der Waals surface area contributed by atoms with Gasteiger partial charge in [-0.2, -0.15) is 0 Å². The Kier molecular flexibility index (Phi) is 5.56. The zero-order valence-corrected chi connectivity index (χ0v) is 16.2. The van der Waals surface area contributed by atoms with E-state index >= 15 is 0 Å². The molecule has 1 fully saturated rings. The van der Waals surface area contributed by atoms with E-state index < -0.39 is 5.92 Å². The van der Waals surface area contributed by atoms with E-state index in [1.807, 2.05) is 19.1 Å². The van der Waals surface area contributed by atoms with E-state index in [1.165, 1.54) is 7.11 Å². The van der Waals surface area contributed by atoms with Crippen LogP contribution in [0.3, 0.4) is 0 Å². The quantitative estimate of drug-likeness (QED) is 0.848. The fourth-order valence-corrected chi connectivity index (χ4v) is 3.19. The summed E-state index contributed by atoms with van der Waals surface area (Å²) in [7, 11) is 3.08. The molecule has 1 atom stereocenters. The Morgan fingerprint density at radius 1 is 1.19 bits per heavy atom. The number of ether oxygens (including phenoxy) is 2. The van der Waals surface area contributed by atoms with Gasteiger partial charge in [0.15, 0.2) is 0 Å². The van der Waals surface area contributed by atoms with Gasteiger partial charge >= 0.3 is 0 Å². The van der Waals surface area contributed by atoms with Crippen LogP contribution in [0.2, 0.25) is 5.02 Å². The van der Waals surface area contributed by atoms with Crippen LogP contribution in [0, 0.1) is 12.8 Å². The lowest BCUT2D eigenvalue weighted by Crippen LogP contribution is -2.28. The SMILES string of the molecule is COc1ccc(NC(=O)[C@H]2CC(=O)N(c3ccc(C)c(Cl)c3)C2)c(OC)c1. The van der Waals surface area contributed by atoms with Crippen molar-refractivity contribution in [1.29, 1.82) is 0 Å². The highest BCUT2D eigenvalue weighted by Gasteiger charge is 2.35. The number of halogens is 1.